The molecule has 0 fully saturated rings. The van der Waals surface area contributed by atoms with Crippen LogP contribution in [0.5, 0.6) is 5.75 Å². The number of para-hydroxylation sites is 1. The Morgan fingerprint density at radius 1 is 1.00 bits per heavy atom. The van der Waals surface area contributed by atoms with Crippen LogP contribution in [0.3, 0.4) is 0 Å². The Balaban J connectivity index is 1.85. The third-order valence-corrected chi connectivity index (χ3v) is 3.57. The summed E-state index contributed by atoms with van der Waals surface area (Å²) in [5.74, 6) is 0.711. The van der Waals surface area contributed by atoms with E-state index < -0.39 is 0 Å². The van der Waals surface area contributed by atoms with Gasteiger partial charge in [0.15, 0.2) is 6.61 Å². The molecule has 0 heterocycles. The van der Waals surface area contributed by atoms with Gasteiger partial charge in [0.25, 0.3) is 5.91 Å². The van der Waals surface area contributed by atoms with Gasteiger partial charge in [-0.25, -0.2) is 0 Å². The van der Waals surface area contributed by atoms with E-state index in [1.54, 1.807) is 18.9 Å². The smallest absolute Gasteiger partial charge is 0.264 e. The van der Waals surface area contributed by atoms with Crippen molar-refractivity contribution in [3.8, 4) is 5.75 Å². The number of benzene rings is 2. The van der Waals surface area contributed by atoms with E-state index in [0.29, 0.717) is 12.2 Å². The van der Waals surface area contributed by atoms with Crippen molar-refractivity contribution in [1.29, 1.82) is 0 Å². The van der Waals surface area contributed by atoms with Gasteiger partial charge >= 0.3 is 0 Å². The van der Waals surface area contributed by atoms with Crippen LogP contribution in [-0.2, 0) is 16.0 Å². The average molecular weight is 311 g/mol. The standard InChI is InChI=1S/C19H21NO3/c1-15(21)8-9-16-10-12-18(13-11-16)23-14-19(22)20(2)17-6-4-3-5-7-17/h3-7,10-13H,8-9,14H2,1-2H3. The predicted molar refractivity (Wildman–Crippen MR) is 90.8 cm³/mol. The third kappa shape index (κ3) is 5.25. The number of ketones is 1. The maximum Gasteiger partial charge on any atom is 0.264 e. The first-order valence-electron chi connectivity index (χ1n) is 7.59. The van der Waals surface area contributed by atoms with Crippen LogP contribution in [0, 0.1) is 0 Å². The molecule has 0 unspecified atom stereocenters. The lowest BCUT2D eigenvalue weighted by atomic mass is 10.1. The number of anilines is 1. The Bertz CT molecular complexity index is 650. The van der Waals surface area contributed by atoms with Gasteiger partial charge in [0.1, 0.15) is 11.5 Å². The van der Waals surface area contributed by atoms with Gasteiger partial charge in [0.05, 0.1) is 0 Å². The molecule has 0 aliphatic carbocycles. The summed E-state index contributed by atoms with van der Waals surface area (Å²) in [5, 5.41) is 0. The highest BCUT2D eigenvalue weighted by molar-refractivity contribution is 5.93. The number of Topliss-reactive ketones (excluding diaryl/α,β-unsaturated/α-hetero) is 1. The molecule has 0 spiro atoms. The van der Waals surface area contributed by atoms with E-state index in [4.69, 9.17) is 4.74 Å². The minimum Gasteiger partial charge on any atom is -0.484 e. The van der Waals surface area contributed by atoms with E-state index in [9.17, 15) is 9.59 Å². The SMILES string of the molecule is CC(=O)CCc1ccc(OCC(=O)N(C)c2ccccc2)cc1. The van der Waals surface area contributed by atoms with E-state index in [-0.39, 0.29) is 18.3 Å². The van der Waals surface area contributed by atoms with Crippen LogP contribution < -0.4 is 9.64 Å². The van der Waals surface area contributed by atoms with Crippen LogP contribution in [0.15, 0.2) is 54.6 Å². The number of likely N-dealkylation sites (N-methyl/N-ethyl adjacent to an activating group) is 1. The lowest BCUT2D eigenvalue weighted by Crippen LogP contribution is -2.31. The van der Waals surface area contributed by atoms with Crippen molar-refractivity contribution in [3.63, 3.8) is 0 Å². The zero-order chi connectivity index (χ0) is 16.7. The van der Waals surface area contributed by atoms with Crippen LogP contribution in [0.4, 0.5) is 5.69 Å². The molecule has 0 N–H and O–H groups in total. The van der Waals surface area contributed by atoms with Crippen LogP contribution in [0.1, 0.15) is 18.9 Å². The summed E-state index contributed by atoms with van der Waals surface area (Å²) in [4.78, 5) is 24.7. The Kier molecular flexibility index (Phi) is 5.92. The predicted octanol–water partition coefficient (Wildman–Crippen LogP) is 3.25. The lowest BCUT2D eigenvalue weighted by molar-refractivity contribution is -0.120. The maximum atomic E-state index is 12.1. The molecular weight excluding hydrogens is 290 g/mol. The highest BCUT2D eigenvalue weighted by atomic mass is 16.5. The van der Waals surface area contributed by atoms with Crippen LogP contribution >= 0.6 is 0 Å². The van der Waals surface area contributed by atoms with Gasteiger partial charge in [0, 0.05) is 19.2 Å². The monoisotopic (exact) mass is 311 g/mol. The molecule has 2 rings (SSSR count). The van der Waals surface area contributed by atoms with E-state index in [1.165, 1.54) is 0 Å². The number of amides is 1. The molecule has 23 heavy (non-hydrogen) atoms. The van der Waals surface area contributed by atoms with Crippen molar-refractivity contribution in [2.45, 2.75) is 19.8 Å². The normalized spacial score (nSPS) is 10.2. The van der Waals surface area contributed by atoms with Crippen molar-refractivity contribution >= 4 is 17.4 Å². The van der Waals surface area contributed by atoms with Gasteiger partial charge in [-0.15, -0.1) is 0 Å². The molecule has 2 aromatic carbocycles. The molecule has 1 amide bonds. The summed E-state index contributed by atoms with van der Waals surface area (Å²) in [6, 6.07) is 16.9. The van der Waals surface area contributed by atoms with Gasteiger partial charge in [-0.05, 0) is 43.2 Å². The van der Waals surface area contributed by atoms with Crippen molar-refractivity contribution in [3.05, 3.63) is 60.2 Å². The summed E-state index contributed by atoms with van der Waals surface area (Å²) < 4.78 is 5.53. The quantitative estimate of drug-likeness (QED) is 0.788. The number of hydrogen-bond acceptors (Lipinski definition) is 3. The summed E-state index contributed by atoms with van der Waals surface area (Å²) in [7, 11) is 1.73. The molecule has 0 aromatic heterocycles. The Morgan fingerprint density at radius 3 is 2.26 bits per heavy atom. The number of rotatable bonds is 7. The summed E-state index contributed by atoms with van der Waals surface area (Å²) in [6.07, 6.45) is 1.27. The lowest BCUT2D eigenvalue weighted by Gasteiger charge is -2.17. The molecule has 0 atom stereocenters. The van der Waals surface area contributed by atoms with Gasteiger partial charge in [-0.3, -0.25) is 4.79 Å². The fourth-order valence-electron chi connectivity index (χ4n) is 2.11. The van der Waals surface area contributed by atoms with E-state index in [0.717, 1.165) is 17.7 Å². The highest BCUT2D eigenvalue weighted by Gasteiger charge is 2.11. The van der Waals surface area contributed by atoms with Gasteiger partial charge in [0.2, 0.25) is 0 Å². The third-order valence-electron chi connectivity index (χ3n) is 3.57. The van der Waals surface area contributed by atoms with Crippen LogP contribution in [0.25, 0.3) is 0 Å². The van der Waals surface area contributed by atoms with Gasteiger partial charge in [-0.2, -0.15) is 0 Å². The number of nitrogens with zero attached hydrogens (tertiary/aromatic N) is 1. The maximum absolute atomic E-state index is 12.1. The van der Waals surface area contributed by atoms with Crippen LogP contribution in [-0.4, -0.2) is 25.3 Å². The molecule has 0 saturated carbocycles. The first kappa shape index (κ1) is 16.7. The van der Waals surface area contributed by atoms with E-state index in [1.807, 2.05) is 54.6 Å². The fourth-order valence-corrected chi connectivity index (χ4v) is 2.11. The second kappa shape index (κ2) is 8.13. The zero-order valence-electron chi connectivity index (χ0n) is 13.5. The topological polar surface area (TPSA) is 46.6 Å². The summed E-state index contributed by atoms with van der Waals surface area (Å²) in [5.41, 5.74) is 1.92. The molecule has 0 aliphatic heterocycles. The van der Waals surface area contributed by atoms with E-state index >= 15 is 0 Å². The number of hydrogen-bond donors (Lipinski definition) is 0. The first-order valence-corrected chi connectivity index (χ1v) is 7.59. The molecule has 0 saturated heterocycles. The molecule has 2 aromatic rings. The molecule has 4 nitrogen and oxygen atoms in total. The Morgan fingerprint density at radius 2 is 1.65 bits per heavy atom. The Labute approximate surface area is 136 Å². The fraction of sp³-hybridized carbons (Fsp3) is 0.263. The summed E-state index contributed by atoms with van der Waals surface area (Å²) >= 11 is 0. The zero-order valence-corrected chi connectivity index (χ0v) is 13.5. The number of carbonyl (C=O) groups is 2. The molecular formula is C19H21NO3. The molecule has 0 radical (unpaired) electrons. The van der Waals surface area contributed by atoms with Gasteiger partial charge in [-0.1, -0.05) is 30.3 Å². The van der Waals surface area contributed by atoms with Crippen molar-refractivity contribution in [1.82, 2.24) is 0 Å². The van der Waals surface area contributed by atoms with Crippen molar-refractivity contribution < 1.29 is 14.3 Å². The second-order valence-corrected chi connectivity index (χ2v) is 5.42. The highest BCUT2D eigenvalue weighted by Crippen LogP contribution is 2.15. The number of ether oxygens (including phenoxy) is 1. The largest absolute Gasteiger partial charge is 0.484 e. The molecule has 4 heteroatoms. The van der Waals surface area contributed by atoms with Crippen molar-refractivity contribution in [2.75, 3.05) is 18.6 Å². The molecule has 0 aliphatic rings. The Hall–Kier alpha value is -2.62. The number of carbonyl (C=O) groups excluding carboxylic acids is 2. The second-order valence-electron chi connectivity index (χ2n) is 5.42. The average Bonchev–Trinajstić information content (AvgIpc) is 2.58. The van der Waals surface area contributed by atoms with Gasteiger partial charge < -0.3 is 14.4 Å². The molecule has 120 valence electrons. The van der Waals surface area contributed by atoms with E-state index in [2.05, 4.69) is 0 Å². The van der Waals surface area contributed by atoms with Crippen LogP contribution in [0.2, 0.25) is 0 Å². The summed E-state index contributed by atoms with van der Waals surface area (Å²) in [6.45, 7) is 1.57. The molecule has 0 bridgehead atoms. The minimum atomic E-state index is -0.114. The first-order chi connectivity index (χ1) is 11.1. The number of aryl methyl sites for hydroxylation is 1. The van der Waals surface area contributed by atoms with Crippen molar-refractivity contribution in [2.24, 2.45) is 0 Å². The minimum absolute atomic E-state index is 0.0157.